The van der Waals surface area contributed by atoms with E-state index in [1.807, 2.05) is 0 Å². The number of hydrogen-bond donors (Lipinski definition) is 1. The van der Waals surface area contributed by atoms with Crippen molar-refractivity contribution < 1.29 is 4.74 Å². The molecule has 16 heavy (non-hydrogen) atoms. The van der Waals surface area contributed by atoms with Crippen molar-refractivity contribution in [2.45, 2.75) is 65.0 Å². The third kappa shape index (κ3) is 3.33. The SMILES string of the molecule is CCNC(C=C(C)C)C1(OCC)CCCC1. The van der Waals surface area contributed by atoms with Gasteiger partial charge in [0.15, 0.2) is 0 Å². The van der Waals surface area contributed by atoms with Crippen molar-refractivity contribution >= 4 is 0 Å². The summed E-state index contributed by atoms with van der Waals surface area (Å²) in [5, 5.41) is 3.58. The molecule has 0 aliphatic heterocycles. The standard InChI is InChI=1S/C14H27NO/c1-5-15-13(11-12(3)4)14(16-6-2)9-7-8-10-14/h11,13,15H,5-10H2,1-4H3. The summed E-state index contributed by atoms with van der Waals surface area (Å²) >= 11 is 0. The Kier molecular flexibility index (Phi) is 5.50. The van der Waals surface area contributed by atoms with Crippen LogP contribution in [0, 0.1) is 0 Å². The largest absolute Gasteiger partial charge is 0.373 e. The zero-order chi connectivity index (χ0) is 12.0. The maximum atomic E-state index is 6.10. The van der Waals surface area contributed by atoms with Gasteiger partial charge in [-0.1, -0.05) is 31.4 Å². The average molecular weight is 225 g/mol. The lowest BCUT2D eigenvalue weighted by molar-refractivity contribution is -0.0501. The van der Waals surface area contributed by atoms with Crippen molar-refractivity contribution in [2.24, 2.45) is 0 Å². The highest BCUT2D eigenvalue weighted by molar-refractivity contribution is 5.11. The predicted molar refractivity (Wildman–Crippen MR) is 69.7 cm³/mol. The van der Waals surface area contributed by atoms with E-state index < -0.39 is 0 Å². The summed E-state index contributed by atoms with van der Waals surface area (Å²) in [6, 6.07) is 0.380. The first kappa shape index (κ1) is 13.7. The van der Waals surface area contributed by atoms with Crippen LogP contribution in [0.15, 0.2) is 11.6 Å². The Balaban J connectivity index is 2.82. The quantitative estimate of drug-likeness (QED) is 0.700. The summed E-state index contributed by atoms with van der Waals surface area (Å²) in [5.74, 6) is 0. The minimum atomic E-state index is 0.0576. The predicted octanol–water partition coefficient (Wildman–Crippen LogP) is 3.28. The van der Waals surface area contributed by atoms with E-state index in [-0.39, 0.29) is 5.60 Å². The van der Waals surface area contributed by atoms with Gasteiger partial charge >= 0.3 is 0 Å². The monoisotopic (exact) mass is 225 g/mol. The lowest BCUT2D eigenvalue weighted by Gasteiger charge is -2.36. The molecule has 0 aromatic carbocycles. The molecule has 2 nitrogen and oxygen atoms in total. The van der Waals surface area contributed by atoms with Crippen LogP contribution >= 0.6 is 0 Å². The van der Waals surface area contributed by atoms with Crippen molar-refractivity contribution in [1.82, 2.24) is 5.32 Å². The fourth-order valence-electron chi connectivity index (χ4n) is 2.76. The minimum absolute atomic E-state index is 0.0576. The molecular weight excluding hydrogens is 198 g/mol. The van der Waals surface area contributed by atoms with Gasteiger partial charge in [-0.15, -0.1) is 0 Å². The summed E-state index contributed by atoms with van der Waals surface area (Å²) in [7, 11) is 0. The molecule has 1 aliphatic rings. The lowest BCUT2D eigenvalue weighted by Crippen LogP contribution is -2.50. The molecule has 1 unspecified atom stereocenters. The molecule has 0 bridgehead atoms. The van der Waals surface area contributed by atoms with E-state index in [1.54, 1.807) is 0 Å². The number of hydrogen-bond acceptors (Lipinski definition) is 2. The van der Waals surface area contributed by atoms with Gasteiger partial charge in [-0.3, -0.25) is 0 Å². The van der Waals surface area contributed by atoms with Crippen LogP contribution in [-0.4, -0.2) is 24.8 Å². The smallest absolute Gasteiger partial charge is 0.0870 e. The fourth-order valence-corrected chi connectivity index (χ4v) is 2.76. The normalized spacial score (nSPS) is 20.8. The molecule has 1 fully saturated rings. The molecule has 0 saturated heterocycles. The van der Waals surface area contributed by atoms with Gasteiger partial charge in [0, 0.05) is 6.61 Å². The fraction of sp³-hybridized carbons (Fsp3) is 0.857. The molecule has 1 aliphatic carbocycles. The van der Waals surface area contributed by atoms with Gasteiger partial charge < -0.3 is 10.1 Å². The molecular formula is C14H27NO. The second-order valence-corrected chi connectivity index (χ2v) is 4.98. The van der Waals surface area contributed by atoms with Crippen molar-refractivity contribution in [3.05, 3.63) is 11.6 Å². The summed E-state index contributed by atoms with van der Waals surface area (Å²) in [5.41, 5.74) is 1.43. The van der Waals surface area contributed by atoms with Crippen LogP contribution in [0.5, 0.6) is 0 Å². The van der Waals surface area contributed by atoms with E-state index in [9.17, 15) is 0 Å². The van der Waals surface area contributed by atoms with Crippen LogP contribution in [0.3, 0.4) is 0 Å². The van der Waals surface area contributed by atoms with Crippen LogP contribution in [0.2, 0.25) is 0 Å². The maximum Gasteiger partial charge on any atom is 0.0870 e. The number of likely N-dealkylation sites (N-methyl/N-ethyl adjacent to an activating group) is 1. The van der Waals surface area contributed by atoms with Gasteiger partial charge in [0.25, 0.3) is 0 Å². The molecule has 2 heteroatoms. The van der Waals surface area contributed by atoms with Gasteiger partial charge in [0.05, 0.1) is 11.6 Å². The molecule has 1 saturated carbocycles. The van der Waals surface area contributed by atoms with Crippen LogP contribution in [0.1, 0.15) is 53.4 Å². The Morgan fingerprint density at radius 3 is 2.38 bits per heavy atom. The molecule has 0 aromatic rings. The highest BCUT2D eigenvalue weighted by Crippen LogP contribution is 2.37. The van der Waals surface area contributed by atoms with E-state index in [0.717, 1.165) is 13.2 Å². The summed E-state index contributed by atoms with van der Waals surface area (Å²) in [4.78, 5) is 0. The number of allylic oxidation sites excluding steroid dienone is 1. The highest BCUT2D eigenvalue weighted by atomic mass is 16.5. The van der Waals surface area contributed by atoms with Gasteiger partial charge in [-0.05, 0) is 40.2 Å². The summed E-state index contributed by atoms with van der Waals surface area (Å²) in [6.07, 6.45) is 7.34. The van der Waals surface area contributed by atoms with E-state index >= 15 is 0 Å². The number of rotatable bonds is 6. The zero-order valence-corrected chi connectivity index (χ0v) is 11.3. The highest BCUT2D eigenvalue weighted by Gasteiger charge is 2.40. The Hall–Kier alpha value is -0.340. The van der Waals surface area contributed by atoms with Crippen LogP contribution in [0.25, 0.3) is 0 Å². The molecule has 1 rings (SSSR count). The van der Waals surface area contributed by atoms with E-state index in [0.29, 0.717) is 6.04 Å². The van der Waals surface area contributed by atoms with Gasteiger partial charge in [-0.25, -0.2) is 0 Å². The van der Waals surface area contributed by atoms with E-state index in [2.05, 4.69) is 39.1 Å². The molecule has 1 N–H and O–H groups in total. The Labute approximate surface area is 100 Å². The second-order valence-electron chi connectivity index (χ2n) is 4.98. The third-order valence-corrected chi connectivity index (χ3v) is 3.37. The van der Waals surface area contributed by atoms with E-state index in [1.165, 1.54) is 31.3 Å². The molecule has 0 spiro atoms. The van der Waals surface area contributed by atoms with Crippen LogP contribution in [-0.2, 0) is 4.74 Å². The van der Waals surface area contributed by atoms with Crippen molar-refractivity contribution in [1.29, 1.82) is 0 Å². The van der Waals surface area contributed by atoms with Gasteiger partial charge in [0.1, 0.15) is 0 Å². The molecule has 0 radical (unpaired) electrons. The molecule has 0 heterocycles. The lowest BCUT2D eigenvalue weighted by atomic mass is 9.90. The molecule has 0 aromatic heterocycles. The Bertz CT molecular complexity index is 225. The van der Waals surface area contributed by atoms with Crippen molar-refractivity contribution in [3.8, 4) is 0 Å². The minimum Gasteiger partial charge on any atom is -0.373 e. The second kappa shape index (κ2) is 6.41. The maximum absolute atomic E-state index is 6.10. The zero-order valence-electron chi connectivity index (χ0n) is 11.3. The molecule has 94 valence electrons. The van der Waals surface area contributed by atoms with E-state index in [4.69, 9.17) is 4.74 Å². The topological polar surface area (TPSA) is 21.3 Å². The van der Waals surface area contributed by atoms with Crippen LogP contribution < -0.4 is 5.32 Å². The summed E-state index contributed by atoms with van der Waals surface area (Å²) in [6.45, 7) is 10.4. The first-order valence-electron chi connectivity index (χ1n) is 6.67. The first-order chi connectivity index (χ1) is 7.64. The van der Waals surface area contributed by atoms with Gasteiger partial charge in [0.2, 0.25) is 0 Å². The molecule has 1 atom stereocenters. The first-order valence-corrected chi connectivity index (χ1v) is 6.67. The van der Waals surface area contributed by atoms with Gasteiger partial charge in [-0.2, -0.15) is 0 Å². The molecule has 0 amide bonds. The van der Waals surface area contributed by atoms with Crippen molar-refractivity contribution in [3.63, 3.8) is 0 Å². The third-order valence-electron chi connectivity index (χ3n) is 3.37. The number of nitrogens with one attached hydrogen (secondary N) is 1. The van der Waals surface area contributed by atoms with Crippen LogP contribution in [0.4, 0.5) is 0 Å². The van der Waals surface area contributed by atoms with Crippen molar-refractivity contribution in [2.75, 3.05) is 13.2 Å². The number of ether oxygens (including phenoxy) is 1. The summed E-state index contributed by atoms with van der Waals surface area (Å²) < 4.78 is 6.10. The Morgan fingerprint density at radius 1 is 1.31 bits per heavy atom. The Morgan fingerprint density at radius 2 is 1.94 bits per heavy atom. The average Bonchev–Trinajstić information content (AvgIpc) is 2.67.